The van der Waals surface area contributed by atoms with Gasteiger partial charge in [0.05, 0.1) is 17.4 Å². The highest BCUT2D eigenvalue weighted by Gasteiger charge is 2.29. The van der Waals surface area contributed by atoms with E-state index in [1.54, 1.807) is 0 Å². The van der Waals surface area contributed by atoms with Crippen LogP contribution in [0, 0.1) is 0 Å². The number of rotatable bonds is 4. The molecule has 0 bridgehead atoms. The number of nitrogens with one attached hydrogen (secondary N) is 2. The molecule has 0 saturated carbocycles. The third kappa shape index (κ3) is 3.44. The van der Waals surface area contributed by atoms with Crippen LogP contribution in [-0.2, 0) is 6.42 Å². The summed E-state index contributed by atoms with van der Waals surface area (Å²) in [6, 6.07) is 28.0. The summed E-state index contributed by atoms with van der Waals surface area (Å²) in [5, 5.41) is 11.0. The molecule has 5 rings (SSSR count). The van der Waals surface area contributed by atoms with Crippen molar-refractivity contribution >= 4 is 18.1 Å². The van der Waals surface area contributed by atoms with Crippen LogP contribution in [0.4, 0.5) is 0 Å². The molecule has 1 aliphatic rings. The maximum absolute atomic E-state index is 12.7. The first-order valence-corrected chi connectivity index (χ1v) is 10.0. The number of hydrogen-bond acceptors (Lipinski definition) is 2. The number of nitrogens with zero attached hydrogens (tertiary/aromatic N) is 1. The lowest BCUT2D eigenvalue weighted by atomic mass is 9.90. The van der Waals surface area contributed by atoms with Crippen molar-refractivity contribution in [2.75, 3.05) is 0 Å². The van der Waals surface area contributed by atoms with Crippen LogP contribution in [0.2, 0.25) is 0 Å². The number of carbonyl (C=O) groups is 1. The zero-order valence-electron chi connectivity index (χ0n) is 16.4. The molecule has 1 unspecified atom stereocenters. The highest BCUT2D eigenvalue weighted by molar-refractivity contribution is 5.97. The van der Waals surface area contributed by atoms with Crippen molar-refractivity contribution in [1.82, 2.24) is 15.5 Å². The zero-order valence-corrected chi connectivity index (χ0v) is 16.4. The second-order valence-electron chi connectivity index (χ2n) is 7.39. The van der Waals surface area contributed by atoms with Gasteiger partial charge in [-0.1, -0.05) is 84.9 Å². The summed E-state index contributed by atoms with van der Waals surface area (Å²) in [5.41, 5.74) is 6.79. The molecule has 2 N–H and O–H groups in total. The average Bonchev–Trinajstić information content (AvgIpc) is 3.23. The first-order valence-electron chi connectivity index (χ1n) is 10.0. The molecule has 1 aliphatic heterocycles. The van der Waals surface area contributed by atoms with Crippen LogP contribution < -0.4 is 5.32 Å². The SMILES string of the molecule is O=C1NC(c2[nH]nc(/C=C/c3ccccc3)c2-c2ccccc2)Cc2ccccc21. The number of carbonyl (C=O) groups excluding carboxylic acids is 1. The lowest BCUT2D eigenvalue weighted by molar-refractivity contribution is 0.0924. The maximum atomic E-state index is 12.7. The van der Waals surface area contributed by atoms with Gasteiger partial charge in [0, 0.05) is 11.1 Å². The molecule has 0 spiro atoms. The number of hydrogen-bond donors (Lipinski definition) is 2. The fourth-order valence-corrected chi connectivity index (χ4v) is 3.99. The Kier molecular flexibility index (Phi) is 4.74. The van der Waals surface area contributed by atoms with Gasteiger partial charge in [-0.15, -0.1) is 0 Å². The van der Waals surface area contributed by atoms with Gasteiger partial charge in [-0.2, -0.15) is 5.10 Å². The minimum absolute atomic E-state index is 0.0446. The number of amides is 1. The Balaban J connectivity index is 1.57. The molecular weight excluding hydrogens is 370 g/mol. The first kappa shape index (κ1) is 18.1. The number of aromatic nitrogens is 2. The monoisotopic (exact) mass is 391 g/mol. The molecule has 0 radical (unpaired) electrons. The van der Waals surface area contributed by atoms with Gasteiger partial charge in [-0.25, -0.2) is 0 Å². The minimum Gasteiger partial charge on any atom is -0.343 e. The minimum atomic E-state index is -0.158. The van der Waals surface area contributed by atoms with Gasteiger partial charge in [-0.05, 0) is 35.3 Å². The Labute approximate surface area is 175 Å². The van der Waals surface area contributed by atoms with E-state index in [-0.39, 0.29) is 11.9 Å². The van der Waals surface area contributed by atoms with E-state index in [0.29, 0.717) is 0 Å². The quantitative estimate of drug-likeness (QED) is 0.498. The summed E-state index contributed by atoms with van der Waals surface area (Å²) in [7, 11) is 0. The smallest absolute Gasteiger partial charge is 0.252 e. The van der Waals surface area contributed by atoms with Gasteiger partial charge in [0.15, 0.2) is 0 Å². The molecule has 4 heteroatoms. The molecule has 2 heterocycles. The maximum Gasteiger partial charge on any atom is 0.252 e. The van der Waals surface area contributed by atoms with Gasteiger partial charge >= 0.3 is 0 Å². The van der Waals surface area contributed by atoms with E-state index in [9.17, 15) is 4.79 Å². The third-order valence-electron chi connectivity index (χ3n) is 5.46. The van der Waals surface area contributed by atoms with Gasteiger partial charge in [0.2, 0.25) is 0 Å². The number of H-pyrrole nitrogens is 1. The van der Waals surface area contributed by atoms with Crippen molar-refractivity contribution in [3.05, 3.63) is 113 Å². The molecule has 0 fully saturated rings. The fraction of sp³-hybridized carbons (Fsp3) is 0.0769. The van der Waals surface area contributed by atoms with E-state index >= 15 is 0 Å². The van der Waals surface area contributed by atoms with Crippen LogP contribution in [0.3, 0.4) is 0 Å². The van der Waals surface area contributed by atoms with Crippen molar-refractivity contribution in [3.63, 3.8) is 0 Å². The Hall–Kier alpha value is -3.92. The van der Waals surface area contributed by atoms with Crippen LogP contribution in [-0.4, -0.2) is 16.1 Å². The summed E-state index contributed by atoms with van der Waals surface area (Å²) in [4.78, 5) is 12.7. The summed E-state index contributed by atoms with van der Waals surface area (Å²) in [5.74, 6) is -0.0446. The van der Waals surface area contributed by atoms with E-state index in [4.69, 9.17) is 0 Å². The highest BCUT2D eigenvalue weighted by Crippen LogP contribution is 2.34. The van der Waals surface area contributed by atoms with Crippen molar-refractivity contribution in [3.8, 4) is 11.1 Å². The number of fused-ring (bicyclic) bond motifs is 1. The van der Waals surface area contributed by atoms with E-state index in [2.05, 4.69) is 45.9 Å². The van der Waals surface area contributed by atoms with E-state index in [0.717, 1.165) is 45.6 Å². The standard InChI is InChI=1S/C26H21N3O/c30-26-21-14-8-7-13-20(21)17-23(27-26)25-24(19-11-5-2-6-12-19)22(28-29-25)16-15-18-9-3-1-4-10-18/h1-16,23H,17H2,(H,27,30)(H,28,29)/b16-15+. The van der Waals surface area contributed by atoms with Crippen molar-refractivity contribution in [2.45, 2.75) is 12.5 Å². The summed E-state index contributed by atoms with van der Waals surface area (Å²) >= 11 is 0. The van der Waals surface area contributed by atoms with Crippen LogP contribution in [0.15, 0.2) is 84.9 Å². The van der Waals surface area contributed by atoms with Crippen LogP contribution >= 0.6 is 0 Å². The summed E-state index contributed by atoms with van der Waals surface area (Å²) in [6.07, 6.45) is 4.81. The molecular formula is C26H21N3O. The largest absolute Gasteiger partial charge is 0.343 e. The Morgan fingerprint density at radius 2 is 1.53 bits per heavy atom. The van der Waals surface area contributed by atoms with E-state index < -0.39 is 0 Å². The Bertz CT molecular complexity index is 1210. The topological polar surface area (TPSA) is 57.8 Å². The lowest BCUT2D eigenvalue weighted by Crippen LogP contribution is -2.35. The first-order chi connectivity index (χ1) is 14.8. The molecule has 30 heavy (non-hydrogen) atoms. The van der Waals surface area contributed by atoms with Crippen LogP contribution in [0.25, 0.3) is 23.3 Å². The molecule has 3 aromatic carbocycles. The van der Waals surface area contributed by atoms with Gasteiger partial charge in [-0.3, -0.25) is 9.89 Å². The summed E-state index contributed by atoms with van der Waals surface area (Å²) in [6.45, 7) is 0. The highest BCUT2D eigenvalue weighted by atomic mass is 16.1. The molecule has 4 nitrogen and oxygen atoms in total. The molecule has 146 valence electrons. The zero-order chi connectivity index (χ0) is 20.3. The number of aromatic amines is 1. The van der Waals surface area contributed by atoms with Crippen molar-refractivity contribution in [2.24, 2.45) is 0 Å². The predicted octanol–water partition coefficient (Wildman–Crippen LogP) is 5.27. The fourth-order valence-electron chi connectivity index (χ4n) is 3.99. The Morgan fingerprint density at radius 1 is 0.833 bits per heavy atom. The van der Waals surface area contributed by atoms with Gasteiger partial charge in [0.1, 0.15) is 0 Å². The molecule has 0 aliphatic carbocycles. The summed E-state index contributed by atoms with van der Waals surface area (Å²) < 4.78 is 0. The predicted molar refractivity (Wildman–Crippen MR) is 120 cm³/mol. The van der Waals surface area contributed by atoms with E-state index in [1.165, 1.54) is 0 Å². The van der Waals surface area contributed by atoms with Gasteiger partial charge < -0.3 is 5.32 Å². The normalized spacial score (nSPS) is 15.7. The Morgan fingerprint density at radius 3 is 2.33 bits per heavy atom. The lowest BCUT2D eigenvalue weighted by Gasteiger charge is -2.25. The molecule has 4 aromatic rings. The van der Waals surface area contributed by atoms with Crippen molar-refractivity contribution in [1.29, 1.82) is 0 Å². The van der Waals surface area contributed by atoms with Crippen LogP contribution in [0.5, 0.6) is 0 Å². The van der Waals surface area contributed by atoms with Crippen LogP contribution in [0.1, 0.15) is 38.9 Å². The second kappa shape index (κ2) is 7.84. The number of benzene rings is 3. The molecule has 0 saturated heterocycles. The van der Waals surface area contributed by atoms with Gasteiger partial charge in [0.25, 0.3) is 5.91 Å². The van der Waals surface area contributed by atoms with E-state index in [1.807, 2.05) is 66.7 Å². The average molecular weight is 391 g/mol. The third-order valence-corrected chi connectivity index (χ3v) is 5.46. The molecule has 1 aromatic heterocycles. The molecule has 1 amide bonds. The second-order valence-corrected chi connectivity index (χ2v) is 7.39. The molecule has 1 atom stereocenters. The van der Waals surface area contributed by atoms with Crippen molar-refractivity contribution < 1.29 is 4.79 Å².